The van der Waals surface area contributed by atoms with Gasteiger partial charge in [0.1, 0.15) is 6.54 Å². The van der Waals surface area contributed by atoms with E-state index in [-0.39, 0.29) is 6.54 Å². The lowest BCUT2D eigenvalue weighted by atomic mass is 10.2. The summed E-state index contributed by atoms with van der Waals surface area (Å²) in [7, 11) is 1.80. The van der Waals surface area contributed by atoms with Crippen molar-refractivity contribution in [3.05, 3.63) is 63.1 Å². The van der Waals surface area contributed by atoms with E-state index in [1.807, 2.05) is 6.92 Å². The lowest BCUT2D eigenvalue weighted by Crippen LogP contribution is -2.34. The molecule has 0 spiro atoms. The average molecular weight is 364 g/mol. The molecule has 136 valence electrons. The van der Waals surface area contributed by atoms with Crippen LogP contribution in [0.5, 0.6) is 0 Å². The number of nitrogens with zero attached hydrogens (tertiary/aromatic N) is 4. The van der Waals surface area contributed by atoms with Crippen LogP contribution in [0, 0.1) is 6.92 Å². The number of hydrogen-bond donors (Lipinski definition) is 2. The summed E-state index contributed by atoms with van der Waals surface area (Å²) in [5.41, 5.74) is 1.32. The minimum Gasteiger partial charge on any atom is -0.323 e. The van der Waals surface area contributed by atoms with Gasteiger partial charge in [-0.25, -0.2) is 9.78 Å². The molecule has 0 saturated heterocycles. The molecular formula is C18H16N6O3. The topological polar surface area (TPSA) is 115 Å². The molecule has 0 atom stereocenters. The third-order valence-corrected chi connectivity index (χ3v) is 4.35. The fourth-order valence-electron chi connectivity index (χ4n) is 3.12. The van der Waals surface area contributed by atoms with Gasteiger partial charge in [0.15, 0.2) is 5.65 Å². The molecule has 27 heavy (non-hydrogen) atoms. The predicted molar refractivity (Wildman–Crippen MR) is 101 cm³/mol. The molecule has 1 aromatic carbocycles. The summed E-state index contributed by atoms with van der Waals surface area (Å²) in [5, 5.41) is 8.21. The number of carbonyl (C=O) groups excluding carboxylic acids is 1. The smallest absolute Gasteiger partial charge is 0.323 e. The first-order valence-electron chi connectivity index (χ1n) is 8.25. The molecule has 9 heteroatoms. The summed E-state index contributed by atoms with van der Waals surface area (Å²) in [6, 6.07) is 8.43. The number of pyridine rings is 1. The molecule has 0 aliphatic rings. The van der Waals surface area contributed by atoms with E-state index in [2.05, 4.69) is 20.4 Å². The maximum atomic E-state index is 12.5. The fourth-order valence-corrected chi connectivity index (χ4v) is 3.12. The van der Waals surface area contributed by atoms with Gasteiger partial charge in [0, 0.05) is 12.4 Å². The third kappa shape index (κ3) is 2.88. The van der Waals surface area contributed by atoms with Gasteiger partial charge in [-0.2, -0.15) is 5.10 Å². The van der Waals surface area contributed by atoms with Crippen molar-refractivity contribution in [2.24, 2.45) is 7.05 Å². The van der Waals surface area contributed by atoms with Gasteiger partial charge in [0.2, 0.25) is 5.91 Å². The molecule has 4 aromatic rings. The van der Waals surface area contributed by atoms with Crippen LogP contribution in [0.4, 0.5) is 5.69 Å². The highest BCUT2D eigenvalue weighted by Gasteiger charge is 2.12. The number of benzene rings is 1. The number of anilines is 1. The molecule has 0 unspecified atom stereocenters. The van der Waals surface area contributed by atoms with Crippen LogP contribution in [-0.4, -0.2) is 30.2 Å². The second-order valence-electron chi connectivity index (χ2n) is 6.21. The number of hydrogen-bond acceptors (Lipinski definition) is 5. The number of rotatable bonds is 3. The van der Waals surface area contributed by atoms with Gasteiger partial charge in [0.25, 0.3) is 5.56 Å². The Kier molecular flexibility index (Phi) is 3.84. The summed E-state index contributed by atoms with van der Waals surface area (Å²) in [4.78, 5) is 43.1. The monoisotopic (exact) mass is 364 g/mol. The molecular weight excluding hydrogens is 348 g/mol. The molecule has 2 N–H and O–H groups in total. The number of aromatic amines is 1. The summed E-state index contributed by atoms with van der Waals surface area (Å²) in [5.74, 6) is -0.406. The first-order chi connectivity index (χ1) is 12.9. The Bertz CT molecular complexity index is 1310. The second-order valence-corrected chi connectivity index (χ2v) is 6.21. The summed E-state index contributed by atoms with van der Waals surface area (Å²) >= 11 is 0. The van der Waals surface area contributed by atoms with Gasteiger partial charge in [0.05, 0.1) is 28.5 Å². The lowest BCUT2D eigenvalue weighted by Gasteiger charge is -2.10. The Balaban J connectivity index is 1.66. The molecule has 0 aliphatic carbocycles. The van der Waals surface area contributed by atoms with Crippen molar-refractivity contribution in [3.8, 4) is 0 Å². The van der Waals surface area contributed by atoms with Crippen LogP contribution in [0.25, 0.3) is 21.9 Å². The quantitative estimate of drug-likeness (QED) is 0.561. The van der Waals surface area contributed by atoms with Crippen molar-refractivity contribution in [2.75, 3.05) is 5.32 Å². The summed E-state index contributed by atoms with van der Waals surface area (Å²) < 4.78 is 2.90. The molecule has 0 fully saturated rings. The van der Waals surface area contributed by atoms with Crippen LogP contribution < -0.4 is 16.6 Å². The van der Waals surface area contributed by atoms with Crippen LogP contribution in [0.1, 0.15) is 5.69 Å². The number of aryl methyl sites for hydroxylation is 2. The van der Waals surface area contributed by atoms with Crippen LogP contribution in [-0.2, 0) is 18.4 Å². The standard InChI is InChI=1S/C18H16N6O3/c1-10-13-7-11(8-19-16(13)23(2)22-10)20-15(25)9-24-14-6-4-3-5-12(14)17(26)21-18(24)27/h3-8H,9H2,1-2H3,(H,20,25)(H,21,26,27). The third-order valence-electron chi connectivity index (χ3n) is 4.35. The van der Waals surface area contributed by atoms with E-state index in [1.54, 1.807) is 42.1 Å². The highest BCUT2D eigenvalue weighted by molar-refractivity contribution is 5.93. The molecule has 0 bridgehead atoms. The highest BCUT2D eigenvalue weighted by atomic mass is 16.2. The lowest BCUT2D eigenvalue weighted by molar-refractivity contribution is -0.116. The zero-order valence-electron chi connectivity index (χ0n) is 14.7. The number of para-hydroxylation sites is 1. The minimum absolute atomic E-state index is 0.236. The van der Waals surface area contributed by atoms with E-state index < -0.39 is 17.2 Å². The predicted octanol–water partition coefficient (Wildman–Crippen LogP) is 0.919. The Hall–Kier alpha value is -3.75. The Labute approximate surface area is 152 Å². The number of carbonyl (C=O) groups is 1. The Morgan fingerprint density at radius 1 is 1.22 bits per heavy atom. The molecule has 0 aliphatic heterocycles. The molecule has 0 saturated carbocycles. The molecule has 1 amide bonds. The van der Waals surface area contributed by atoms with E-state index in [1.165, 1.54) is 10.8 Å². The van der Waals surface area contributed by atoms with Gasteiger partial charge in [-0.15, -0.1) is 0 Å². The zero-order chi connectivity index (χ0) is 19.1. The normalized spacial score (nSPS) is 11.2. The van der Waals surface area contributed by atoms with Crippen molar-refractivity contribution in [1.82, 2.24) is 24.3 Å². The van der Waals surface area contributed by atoms with E-state index >= 15 is 0 Å². The molecule has 0 radical (unpaired) electrons. The number of H-pyrrole nitrogens is 1. The van der Waals surface area contributed by atoms with E-state index in [4.69, 9.17) is 0 Å². The largest absolute Gasteiger partial charge is 0.329 e. The molecule has 4 rings (SSSR count). The maximum absolute atomic E-state index is 12.5. The van der Waals surface area contributed by atoms with Gasteiger partial charge in [-0.05, 0) is 25.1 Å². The van der Waals surface area contributed by atoms with E-state index in [9.17, 15) is 14.4 Å². The highest BCUT2D eigenvalue weighted by Crippen LogP contribution is 2.19. The first-order valence-corrected chi connectivity index (χ1v) is 8.25. The SMILES string of the molecule is Cc1nn(C)c2ncc(NC(=O)Cn3c(=O)[nH]c(=O)c4ccccc43)cc12. The number of aromatic nitrogens is 5. The van der Waals surface area contributed by atoms with Gasteiger partial charge >= 0.3 is 5.69 Å². The minimum atomic E-state index is -0.634. The number of amides is 1. The van der Waals surface area contributed by atoms with Crippen LogP contribution in [0.15, 0.2) is 46.1 Å². The average Bonchev–Trinajstić information content (AvgIpc) is 2.92. The molecule has 3 aromatic heterocycles. The van der Waals surface area contributed by atoms with Crippen molar-refractivity contribution in [2.45, 2.75) is 13.5 Å². The summed E-state index contributed by atoms with van der Waals surface area (Å²) in [6.07, 6.45) is 1.54. The number of fused-ring (bicyclic) bond motifs is 2. The molecule has 3 heterocycles. The maximum Gasteiger partial charge on any atom is 0.329 e. The van der Waals surface area contributed by atoms with Gasteiger partial charge < -0.3 is 5.32 Å². The van der Waals surface area contributed by atoms with E-state index in [0.717, 1.165) is 11.1 Å². The Morgan fingerprint density at radius 2 is 2.00 bits per heavy atom. The second kappa shape index (κ2) is 6.20. The number of nitrogens with one attached hydrogen (secondary N) is 2. The first kappa shape index (κ1) is 16.7. The molecule has 9 nitrogen and oxygen atoms in total. The summed E-state index contributed by atoms with van der Waals surface area (Å²) in [6.45, 7) is 1.63. The van der Waals surface area contributed by atoms with Crippen molar-refractivity contribution in [1.29, 1.82) is 0 Å². The van der Waals surface area contributed by atoms with Crippen LogP contribution >= 0.6 is 0 Å². The van der Waals surface area contributed by atoms with Crippen LogP contribution in [0.2, 0.25) is 0 Å². The van der Waals surface area contributed by atoms with Gasteiger partial charge in [-0.3, -0.25) is 23.8 Å². The van der Waals surface area contributed by atoms with Crippen molar-refractivity contribution < 1.29 is 4.79 Å². The zero-order valence-corrected chi connectivity index (χ0v) is 14.7. The fraction of sp³-hybridized carbons (Fsp3) is 0.167. The van der Waals surface area contributed by atoms with Gasteiger partial charge in [-0.1, -0.05) is 12.1 Å². The Morgan fingerprint density at radius 3 is 2.81 bits per heavy atom. The van der Waals surface area contributed by atoms with E-state index in [0.29, 0.717) is 22.2 Å². The van der Waals surface area contributed by atoms with Crippen LogP contribution in [0.3, 0.4) is 0 Å². The van der Waals surface area contributed by atoms with Crippen molar-refractivity contribution >= 4 is 33.5 Å². The van der Waals surface area contributed by atoms with Crippen molar-refractivity contribution in [3.63, 3.8) is 0 Å².